The zero-order chi connectivity index (χ0) is 18.1. The van der Waals surface area contributed by atoms with Crippen LogP contribution in [0.3, 0.4) is 0 Å². The monoisotopic (exact) mass is 403 g/mol. The van der Waals surface area contributed by atoms with E-state index < -0.39 is 0 Å². The first-order valence-corrected chi connectivity index (χ1v) is 9.30. The van der Waals surface area contributed by atoms with Crippen molar-refractivity contribution in [2.24, 2.45) is 0 Å². The smallest absolute Gasteiger partial charge is 0.175 e. The van der Waals surface area contributed by atoms with Gasteiger partial charge < -0.3 is 14.8 Å². The first-order valence-electron chi connectivity index (χ1n) is 8.51. The van der Waals surface area contributed by atoms with E-state index in [1.807, 2.05) is 6.07 Å². The molecule has 2 rings (SSSR count). The predicted octanol–water partition coefficient (Wildman–Crippen LogP) is 5.13. The van der Waals surface area contributed by atoms with Crippen LogP contribution in [0.15, 0.2) is 59.6 Å². The molecule has 134 valence electrons. The van der Waals surface area contributed by atoms with Crippen LogP contribution in [0.25, 0.3) is 0 Å². The van der Waals surface area contributed by atoms with Gasteiger partial charge in [0, 0.05) is 12.6 Å². The van der Waals surface area contributed by atoms with Gasteiger partial charge in [0.25, 0.3) is 0 Å². The molecule has 0 heterocycles. The number of methoxy groups -OCH3 is 1. The molecule has 0 aliphatic rings. The summed E-state index contributed by atoms with van der Waals surface area (Å²) in [6, 6.07) is 15.1. The Morgan fingerprint density at radius 3 is 2.64 bits per heavy atom. The second kappa shape index (κ2) is 10.3. The molecule has 4 heteroatoms. The maximum Gasteiger partial charge on any atom is 0.175 e. The van der Waals surface area contributed by atoms with Gasteiger partial charge in [-0.3, -0.25) is 0 Å². The van der Waals surface area contributed by atoms with E-state index in [1.54, 1.807) is 13.2 Å². The van der Waals surface area contributed by atoms with Gasteiger partial charge >= 0.3 is 0 Å². The molecule has 1 N–H and O–H groups in total. The van der Waals surface area contributed by atoms with Crippen molar-refractivity contribution in [2.45, 2.75) is 32.4 Å². The van der Waals surface area contributed by atoms with Crippen LogP contribution < -0.4 is 14.8 Å². The summed E-state index contributed by atoms with van der Waals surface area (Å²) < 4.78 is 12.0. The molecular formula is C21H26BrNO2. The molecule has 0 radical (unpaired) electrons. The fourth-order valence-corrected chi connectivity index (χ4v) is 3.18. The lowest BCUT2D eigenvalue weighted by Crippen LogP contribution is -2.26. The van der Waals surface area contributed by atoms with Crippen molar-refractivity contribution in [2.75, 3.05) is 13.7 Å². The molecule has 0 bridgehead atoms. The average Bonchev–Trinajstić information content (AvgIpc) is 2.64. The van der Waals surface area contributed by atoms with Gasteiger partial charge in [-0.05, 0) is 59.0 Å². The van der Waals surface area contributed by atoms with Gasteiger partial charge in [0.1, 0.15) is 6.61 Å². The van der Waals surface area contributed by atoms with Gasteiger partial charge in [-0.15, -0.1) is 0 Å². The van der Waals surface area contributed by atoms with E-state index in [0.717, 1.165) is 35.2 Å². The number of rotatable bonds is 10. The molecular weight excluding hydrogens is 378 g/mol. The van der Waals surface area contributed by atoms with Crippen LogP contribution in [-0.2, 0) is 13.0 Å². The molecule has 25 heavy (non-hydrogen) atoms. The first-order chi connectivity index (χ1) is 12.1. The van der Waals surface area contributed by atoms with Gasteiger partial charge in [0.05, 0.1) is 11.6 Å². The van der Waals surface area contributed by atoms with Crippen molar-refractivity contribution in [3.8, 4) is 11.5 Å². The Kier molecular flexibility index (Phi) is 8.02. The highest BCUT2D eigenvalue weighted by Crippen LogP contribution is 2.36. The molecule has 0 aliphatic carbocycles. The van der Waals surface area contributed by atoms with Crippen molar-refractivity contribution in [3.05, 3.63) is 70.7 Å². The SMILES string of the molecule is C=CCOc1c(Br)cc(CN[C@H](C)CCc2ccccc2)cc1OC. The van der Waals surface area contributed by atoms with Gasteiger partial charge in [-0.1, -0.05) is 43.0 Å². The van der Waals surface area contributed by atoms with E-state index in [2.05, 4.69) is 71.1 Å². The van der Waals surface area contributed by atoms with Crippen molar-refractivity contribution in [1.82, 2.24) is 5.32 Å². The molecule has 1 atom stereocenters. The highest BCUT2D eigenvalue weighted by Gasteiger charge is 2.12. The summed E-state index contributed by atoms with van der Waals surface area (Å²) in [5.41, 5.74) is 2.53. The Bertz CT molecular complexity index is 673. The summed E-state index contributed by atoms with van der Waals surface area (Å²) in [5, 5.41) is 3.58. The largest absolute Gasteiger partial charge is 0.493 e. The Labute approximate surface area is 159 Å². The van der Waals surface area contributed by atoms with Crippen molar-refractivity contribution >= 4 is 15.9 Å². The minimum Gasteiger partial charge on any atom is -0.493 e. The fraction of sp³-hybridized carbons (Fsp3) is 0.333. The van der Waals surface area contributed by atoms with Crippen LogP contribution in [0.5, 0.6) is 11.5 Å². The maximum absolute atomic E-state index is 5.67. The predicted molar refractivity (Wildman–Crippen MR) is 107 cm³/mol. The summed E-state index contributed by atoms with van der Waals surface area (Å²) in [6.07, 6.45) is 3.90. The van der Waals surface area contributed by atoms with Gasteiger partial charge in [0.2, 0.25) is 0 Å². The van der Waals surface area contributed by atoms with E-state index in [0.29, 0.717) is 18.4 Å². The normalized spacial score (nSPS) is 11.8. The lowest BCUT2D eigenvalue weighted by Gasteiger charge is -2.16. The molecule has 0 spiro atoms. The highest BCUT2D eigenvalue weighted by molar-refractivity contribution is 9.10. The van der Waals surface area contributed by atoms with E-state index in [1.165, 1.54) is 5.56 Å². The third-order valence-corrected chi connectivity index (χ3v) is 4.59. The van der Waals surface area contributed by atoms with Crippen LogP contribution in [0.2, 0.25) is 0 Å². The highest BCUT2D eigenvalue weighted by atomic mass is 79.9. The number of halogens is 1. The lowest BCUT2D eigenvalue weighted by atomic mass is 10.1. The quantitative estimate of drug-likeness (QED) is 0.557. The fourth-order valence-electron chi connectivity index (χ4n) is 2.58. The topological polar surface area (TPSA) is 30.5 Å². The zero-order valence-corrected chi connectivity index (χ0v) is 16.5. The average molecular weight is 404 g/mol. The van der Waals surface area contributed by atoms with Crippen LogP contribution >= 0.6 is 15.9 Å². The Morgan fingerprint density at radius 2 is 1.96 bits per heavy atom. The number of hydrogen-bond acceptors (Lipinski definition) is 3. The third-order valence-electron chi connectivity index (χ3n) is 4.00. The molecule has 0 amide bonds. The molecule has 0 fully saturated rings. The maximum atomic E-state index is 5.67. The second-order valence-electron chi connectivity index (χ2n) is 6.01. The summed E-state index contributed by atoms with van der Waals surface area (Å²) in [4.78, 5) is 0. The van der Waals surface area contributed by atoms with E-state index in [-0.39, 0.29) is 0 Å². The number of ether oxygens (including phenoxy) is 2. The van der Waals surface area contributed by atoms with E-state index in [4.69, 9.17) is 9.47 Å². The molecule has 0 aromatic heterocycles. The van der Waals surface area contributed by atoms with Crippen LogP contribution in [-0.4, -0.2) is 19.8 Å². The van der Waals surface area contributed by atoms with Crippen LogP contribution in [0, 0.1) is 0 Å². The Balaban J connectivity index is 1.91. The standard InChI is InChI=1S/C21H26BrNO2/c1-4-12-25-21-19(22)13-18(14-20(21)24-3)15-23-16(2)10-11-17-8-6-5-7-9-17/h4-9,13-14,16,23H,1,10-12,15H2,2-3H3/t16-/m1/s1. The van der Waals surface area contributed by atoms with Crippen LogP contribution in [0.1, 0.15) is 24.5 Å². The molecule has 2 aromatic rings. The van der Waals surface area contributed by atoms with Crippen molar-refractivity contribution < 1.29 is 9.47 Å². The third kappa shape index (κ3) is 6.22. The minimum absolute atomic E-state index is 0.432. The van der Waals surface area contributed by atoms with E-state index >= 15 is 0 Å². The number of aryl methyl sites for hydroxylation is 1. The summed E-state index contributed by atoms with van der Waals surface area (Å²) >= 11 is 3.57. The summed E-state index contributed by atoms with van der Waals surface area (Å²) in [7, 11) is 1.65. The van der Waals surface area contributed by atoms with E-state index in [9.17, 15) is 0 Å². The van der Waals surface area contributed by atoms with Gasteiger partial charge in [-0.2, -0.15) is 0 Å². The lowest BCUT2D eigenvalue weighted by molar-refractivity contribution is 0.324. The number of hydrogen-bond donors (Lipinski definition) is 1. The Hall–Kier alpha value is -1.78. The molecule has 2 aromatic carbocycles. The number of nitrogens with one attached hydrogen (secondary N) is 1. The summed E-state index contributed by atoms with van der Waals surface area (Å²) in [6.45, 7) is 7.13. The van der Waals surface area contributed by atoms with Crippen LogP contribution in [0.4, 0.5) is 0 Å². The number of benzene rings is 2. The molecule has 0 saturated carbocycles. The zero-order valence-electron chi connectivity index (χ0n) is 14.9. The molecule has 3 nitrogen and oxygen atoms in total. The van der Waals surface area contributed by atoms with Gasteiger partial charge in [-0.25, -0.2) is 0 Å². The van der Waals surface area contributed by atoms with Crippen molar-refractivity contribution in [3.63, 3.8) is 0 Å². The molecule has 0 unspecified atom stereocenters. The first kappa shape index (κ1) is 19.5. The van der Waals surface area contributed by atoms with Gasteiger partial charge in [0.15, 0.2) is 11.5 Å². The molecule has 0 saturated heterocycles. The minimum atomic E-state index is 0.432. The Morgan fingerprint density at radius 1 is 1.20 bits per heavy atom. The molecule has 0 aliphatic heterocycles. The summed E-state index contributed by atoms with van der Waals surface area (Å²) in [5.74, 6) is 1.44. The van der Waals surface area contributed by atoms with Crippen molar-refractivity contribution in [1.29, 1.82) is 0 Å². The second-order valence-corrected chi connectivity index (χ2v) is 6.87.